The lowest BCUT2D eigenvalue weighted by molar-refractivity contribution is 0.0792. The summed E-state index contributed by atoms with van der Waals surface area (Å²) in [5.74, 6) is 0. The molecule has 0 radical (unpaired) electrons. The molecule has 2 aromatic rings. The van der Waals surface area contributed by atoms with Gasteiger partial charge in [0.1, 0.15) is 0 Å². The van der Waals surface area contributed by atoms with E-state index >= 15 is 0 Å². The summed E-state index contributed by atoms with van der Waals surface area (Å²) in [5.41, 5.74) is 3.81. The van der Waals surface area contributed by atoms with Crippen molar-refractivity contribution >= 4 is 5.69 Å². The van der Waals surface area contributed by atoms with Crippen molar-refractivity contribution in [1.82, 2.24) is 10.2 Å². The van der Waals surface area contributed by atoms with Gasteiger partial charge in [-0.15, -0.1) is 0 Å². The van der Waals surface area contributed by atoms with Gasteiger partial charge in [-0.2, -0.15) is 0 Å². The van der Waals surface area contributed by atoms with Crippen LogP contribution in [-0.4, -0.2) is 61.4 Å². The molecular weight excluding hydrogens is 298 g/mol. The zero-order chi connectivity index (χ0) is 16.4. The van der Waals surface area contributed by atoms with E-state index in [1.807, 2.05) is 6.07 Å². The summed E-state index contributed by atoms with van der Waals surface area (Å²) in [4.78, 5) is 4.87. The van der Waals surface area contributed by atoms with E-state index in [0.717, 1.165) is 39.3 Å². The van der Waals surface area contributed by atoms with Gasteiger partial charge in [0.15, 0.2) is 0 Å². The summed E-state index contributed by atoms with van der Waals surface area (Å²) in [5, 5.41) is 13.3. The maximum absolute atomic E-state index is 10.0. The molecule has 0 amide bonds. The van der Waals surface area contributed by atoms with Crippen LogP contribution in [0.5, 0.6) is 0 Å². The van der Waals surface area contributed by atoms with Crippen molar-refractivity contribution in [3.63, 3.8) is 0 Å². The predicted molar refractivity (Wildman–Crippen MR) is 98.3 cm³/mol. The third kappa shape index (κ3) is 3.18. The van der Waals surface area contributed by atoms with E-state index < -0.39 is 0 Å². The minimum absolute atomic E-state index is 0.221. The average Bonchev–Trinajstić information content (AvgIpc) is 3.09. The van der Waals surface area contributed by atoms with Gasteiger partial charge >= 0.3 is 0 Å². The van der Waals surface area contributed by atoms with Gasteiger partial charge in [-0.1, -0.05) is 42.5 Å². The number of benzene rings is 2. The molecule has 0 aliphatic carbocycles. The van der Waals surface area contributed by atoms with Crippen LogP contribution < -0.4 is 10.2 Å². The monoisotopic (exact) mass is 323 g/mol. The predicted octanol–water partition coefficient (Wildman–Crippen LogP) is 1.81. The third-order valence-corrected chi connectivity index (χ3v) is 5.27. The van der Waals surface area contributed by atoms with Crippen molar-refractivity contribution in [2.75, 3.05) is 44.2 Å². The Balaban J connectivity index is 1.39. The van der Waals surface area contributed by atoms with Crippen LogP contribution in [0.3, 0.4) is 0 Å². The first-order valence-corrected chi connectivity index (χ1v) is 8.84. The molecule has 0 spiro atoms. The SMILES string of the molecule is O[C@@H]1CNCC1N1CCN(c2ccc(-c3ccccc3)cc2)CC1. The lowest BCUT2D eigenvalue weighted by Crippen LogP contribution is -2.53. The Kier molecular flexibility index (Phi) is 4.52. The van der Waals surface area contributed by atoms with E-state index in [4.69, 9.17) is 0 Å². The Morgan fingerprint density at radius 2 is 1.46 bits per heavy atom. The smallest absolute Gasteiger partial charge is 0.0831 e. The first-order chi connectivity index (χ1) is 11.8. The highest BCUT2D eigenvalue weighted by atomic mass is 16.3. The number of piperazine rings is 1. The molecule has 2 N–H and O–H groups in total. The molecule has 4 nitrogen and oxygen atoms in total. The molecule has 4 heteroatoms. The van der Waals surface area contributed by atoms with E-state index in [1.165, 1.54) is 16.8 Å². The van der Waals surface area contributed by atoms with Crippen LogP contribution in [0.15, 0.2) is 54.6 Å². The zero-order valence-electron chi connectivity index (χ0n) is 13.9. The van der Waals surface area contributed by atoms with Gasteiger partial charge in [0.2, 0.25) is 0 Å². The fourth-order valence-corrected chi connectivity index (χ4v) is 3.83. The molecular formula is C20H25N3O. The van der Waals surface area contributed by atoms with Crippen molar-refractivity contribution in [3.8, 4) is 11.1 Å². The maximum atomic E-state index is 10.0. The molecule has 0 aromatic heterocycles. The van der Waals surface area contributed by atoms with Gasteiger partial charge in [-0.3, -0.25) is 4.90 Å². The van der Waals surface area contributed by atoms with E-state index in [9.17, 15) is 5.11 Å². The fraction of sp³-hybridized carbons (Fsp3) is 0.400. The molecule has 24 heavy (non-hydrogen) atoms. The largest absolute Gasteiger partial charge is 0.390 e. The van der Waals surface area contributed by atoms with E-state index in [1.54, 1.807) is 0 Å². The Labute approximate surface area is 143 Å². The molecule has 2 aromatic carbocycles. The summed E-state index contributed by atoms with van der Waals surface area (Å²) in [6, 6.07) is 19.7. The lowest BCUT2D eigenvalue weighted by atomic mass is 10.1. The van der Waals surface area contributed by atoms with Crippen molar-refractivity contribution in [2.24, 2.45) is 0 Å². The number of nitrogens with zero attached hydrogens (tertiary/aromatic N) is 2. The second-order valence-corrected chi connectivity index (χ2v) is 6.73. The van der Waals surface area contributed by atoms with Gasteiger partial charge in [0.25, 0.3) is 0 Å². The molecule has 2 fully saturated rings. The number of aliphatic hydroxyl groups excluding tert-OH is 1. The molecule has 0 bridgehead atoms. The van der Waals surface area contributed by atoms with Gasteiger partial charge < -0.3 is 15.3 Å². The van der Waals surface area contributed by atoms with Crippen LogP contribution in [0.1, 0.15) is 0 Å². The van der Waals surface area contributed by atoms with Crippen molar-refractivity contribution in [3.05, 3.63) is 54.6 Å². The molecule has 2 saturated heterocycles. The number of β-amino-alcohol motifs (C(OH)–C–C–N with tert-alkyl or cyclic N) is 1. The number of hydrogen-bond donors (Lipinski definition) is 2. The number of aliphatic hydroxyl groups is 1. The molecule has 2 aliphatic rings. The Morgan fingerprint density at radius 1 is 0.792 bits per heavy atom. The van der Waals surface area contributed by atoms with E-state index in [-0.39, 0.29) is 12.1 Å². The van der Waals surface area contributed by atoms with Gasteiger partial charge in [-0.05, 0) is 23.3 Å². The van der Waals surface area contributed by atoms with Gasteiger partial charge in [0, 0.05) is 51.0 Å². The molecule has 2 aliphatic heterocycles. The number of hydrogen-bond acceptors (Lipinski definition) is 4. The highest BCUT2D eigenvalue weighted by Gasteiger charge is 2.32. The topological polar surface area (TPSA) is 38.7 Å². The van der Waals surface area contributed by atoms with Crippen LogP contribution in [0.25, 0.3) is 11.1 Å². The summed E-state index contributed by atoms with van der Waals surface area (Å²) < 4.78 is 0. The third-order valence-electron chi connectivity index (χ3n) is 5.27. The lowest BCUT2D eigenvalue weighted by Gasteiger charge is -2.39. The van der Waals surface area contributed by atoms with E-state index in [0.29, 0.717) is 0 Å². The molecule has 0 saturated carbocycles. The molecule has 2 atom stereocenters. The second-order valence-electron chi connectivity index (χ2n) is 6.73. The standard InChI is InChI=1S/C20H25N3O/c24-20-15-21-14-19(20)23-12-10-22(11-13-23)18-8-6-17(7-9-18)16-4-2-1-3-5-16/h1-9,19-21,24H,10-15H2/t19?,20-/m1/s1. The van der Waals surface area contributed by atoms with Gasteiger partial charge in [-0.25, -0.2) is 0 Å². The van der Waals surface area contributed by atoms with Crippen LogP contribution >= 0.6 is 0 Å². The minimum atomic E-state index is -0.221. The Hall–Kier alpha value is -1.88. The Bertz CT molecular complexity index is 650. The van der Waals surface area contributed by atoms with Crippen molar-refractivity contribution in [1.29, 1.82) is 0 Å². The van der Waals surface area contributed by atoms with Crippen LogP contribution in [-0.2, 0) is 0 Å². The average molecular weight is 323 g/mol. The normalized spacial score (nSPS) is 25.1. The number of anilines is 1. The maximum Gasteiger partial charge on any atom is 0.0831 e. The highest BCUT2D eigenvalue weighted by Crippen LogP contribution is 2.24. The summed E-state index contributed by atoms with van der Waals surface area (Å²) in [6.45, 7) is 5.72. The highest BCUT2D eigenvalue weighted by molar-refractivity contribution is 5.66. The van der Waals surface area contributed by atoms with E-state index in [2.05, 4.69) is 63.6 Å². The first-order valence-electron chi connectivity index (χ1n) is 8.84. The van der Waals surface area contributed by atoms with Crippen LogP contribution in [0.4, 0.5) is 5.69 Å². The zero-order valence-corrected chi connectivity index (χ0v) is 13.9. The van der Waals surface area contributed by atoms with Crippen molar-refractivity contribution in [2.45, 2.75) is 12.1 Å². The molecule has 4 rings (SSSR count). The summed E-state index contributed by atoms with van der Waals surface area (Å²) >= 11 is 0. The molecule has 126 valence electrons. The number of nitrogens with one attached hydrogen (secondary N) is 1. The van der Waals surface area contributed by atoms with Crippen molar-refractivity contribution < 1.29 is 5.11 Å². The van der Waals surface area contributed by atoms with Crippen LogP contribution in [0.2, 0.25) is 0 Å². The summed E-state index contributed by atoms with van der Waals surface area (Å²) in [7, 11) is 0. The Morgan fingerprint density at radius 3 is 2.08 bits per heavy atom. The quantitative estimate of drug-likeness (QED) is 0.904. The second kappa shape index (κ2) is 6.93. The van der Waals surface area contributed by atoms with Gasteiger partial charge in [0.05, 0.1) is 6.10 Å². The molecule has 1 unspecified atom stereocenters. The molecule has 2 heterocycles. The summed E-state index contributed by atoms with van der Waals surface area (Å²) in [6.07, 6.45) is -0.221. The van der Waals surface area contributed by atoms with Crippen LogP contribution in [0, 0.1) is 0 Å². The fourth-order valence-electron chi connectivity index (χ4n) is 3.83. The first kappa shape index (κ1) is 15.6. The number of rotatable bonds is 3. The minimum Gasteiger partial charge on any atom is -0.390 e.